The van der Waals surface area contributed by atoms with Gasteiger partial charge in [0.25, 0.3) is 5.56 Å². The molecule has 0 amide bonds. The van der Waals surface area contributed by atoms with Crippen LogP contribution in [0.1, 0.15) is 31.0 Å². The number of nitrogens with one attached hydrogen (secondary N) is 2. The van der Waals surface area contributed by atoms with Crippen molar-refractivity contribution in [2.45, 2.75) is 25.2 Å². The van der Waals surface area contributed by atoms with Crippen LogP contribution in [0.3, 0.4) is 0 Å². The van der Waals surface area contributed by atoms with E-state index in [4.69, 9.17) is 0 Å². The van der Waals surface area contributed by atoms with Crippen LogP contribution < -0.4 is 16.1 Å². The van der Waals surface area contributed by atoms with Crippen LogP contribution in [0.15, 0.2) is 39.7 Å². The first-order valence-electron chi connectivity index (χ1n) is 6.84. The first-order valence-corrected chi connectivity index (χ1v) is 6.84. The minimum absolute atomic E-state index is 0.0693. The molecule has 2 N–H and O–H groups in total. The summed E-state index contributed by atoms with van der Waals surface area (Å²) in [6.07, 6.45) is 6.14. The number of rotatable bonds is 2. The van der Waals surface area contributed by atoms with Crippen molar-refractivity contribution in [3.05, 3.63) is 62.1 Å². The number of hydrogen-bond acceptors (Lipinski definition) is 2. The Balaban J connectivity index is 1.85. The van der Waals surface area contributed by atoms with Gasteiger partial charge < -0.3 is 5.10 Å². The monoisotopic (exact) mass is 265 g/mol. The normalized spacial score (nSPS) is 20.4. The minimum atomic E-state index is -0.0693. The molecule has 0 unspecified atom stereocenters. The fourth-order valence-electron chi connectivity index (χ4n) is 2.68. The van der Waals surface area contributed by atoms with Crippen molar-refractivity contribution in [2.75, 3.05) is 0 Å². The second-order valence-electron chi connectivity index (χ2n) is 5.81. The van der Waals surface area contributed by atoms with E-state index in [1.807, 2.05) is 36.4 Å². The van der Waals surface area contributed by atoms with E-state index < -0.39 is 0 Å². The van der Waals surface area contributed by atoms with Gasteiger partial charge in [0.05, 0.1) is 22.3 Å². The summed E-state index contributed by atoms with van der Waals surface area (Å²) in [5.41, 5.74) is 2.61. The smallest absolute Gasteiger partial charge is 0.271 e. The molecule has 2 aromatic rings. The minimum Gasteiger partial charge on any atom is -0.301 e. The van der Waals surface area contributed by atoms with Crippen molar-refractivity contribution in [1.82, 2.24) is 10.2 Å². The maximum atomic E-state index is 12.0. The van der Waals surface area contributed by atoms with Gasteiger partial charge in [0.1, 0.15) is 0 Å². The maximum absolute atomic E-state index is 12.0. The number of aromatic nitrogens is 2. The van der Waals surface area contributed by atoms with E-state index in [9.17, 15) is 4.79 Å². The summed E-state index contributed by atoms with van der Waals surface area (Å²) in [5, 5.41) is 7.80. The molecule has 1 saturated carbocycles. The van der Waals surface area contributed by atoms with Gasteiger partial charge in [-0.3, -0.25) is 9.89 Å². The number of hydrogen-bond donors (Lipinski definition) is 2. The van der Waals surface area contributed by atoms with Crippen LogP contribution in [-0.4, -0.2) is 10.2 Å². The lowest BCUT2D eigenvalue weighted by Gasteiger charge is -2.05. The third-order valence-electron chi connectivity index (χ3n) is 4.20. The molecule has 0 spiro atoms. The topological polar surface area (TPSA) is 61.0 Å². The highest BCUT2D eigenvalue weighted by molar-refractivity contribution is 5.67. The van der Waals surface area contributed by atoms with Gasteiger partial charge in [0, 0.05) is 10.6 Å². The lowest BCUT2D eigenvalue weighted by Crippen LogP contribution is -2.19. The Labute approximate surface area is 115 Å². The zero-order valence-corrected chi connectivity index (χ0v) is 11.2. The van der Waals surface area contributed by atoms with Crippen LogP contribution in [0.4, 0.5) is 0 Å². The molecule has 1 aliphatic heterocycles. The van der Waals surface area contributed by atoms with Crippen molar-refractivity contribution >= 4 is 12.2 Å². The van der Waals surface area contributed by atoms with Crippen LogP contribution >= 0.6 is 0 Å². The number of allylic oxidation sites excluding steroid dienone is 1. The van der Waals surface area contributed by atoms with Crippen LogP contribution in [0.5, 0.6) is 0 Å². The van der Waals surface area contributed by atoms with Crippen molar-refractivity contribution in [2.24, 2.45) is 4.99 Å². The van der Waals surface area contributed by atoms with Crippen LogP contribution in [0.2, 0.25) is 0 Å². The van der Waals surface area contributed by atoms with Crippen LogP contribution in [0, 0.1) is 0 Å². The van der Waals surface area contributed by atoms with E-state index in [1.165, 1.54) is 0 Å². The summed E-state index contributed by atoms with van der Waals surface area (Å²) in [6, 6.07) is 7.98. The van der Waals surface area contributed by atoms with E-state index in [1.54, 1.807) is 0 Å². The number of aromatic amines is 2. The highest BCUT2D eigenvalue weighted by Crippen LogP contribution is 2.47. The van der Waals surface area contributed by atoms with Gasteiger partial charge in [-0.25, -0.2) is 4.99 Å². The predicted octanol–water partition coefficient (Wildman–Crippen LogP) is 1.21. The summed E-state index contributed by atoms with van der Waals surface area (Å²) in [5.74, 6) is 0. The molecule has 1 aliphatic carbocycles. The number of H-pyrrole nitrogens is 2. The Hall–Kier alpha value is -2.36. The third-order valence-corrected chi connectivity index (χ3v) is 4.20. The van der Waals surface area contributed by atoms with E-state index in [2.05, 4.69) is 22.1 Å². The fraction of sp³-hybridized carbons (Fsp3) is 0.250. The molecule has 1 aromatic carbocycles. The Kier molecular flexibility index (Phi) is 2.19. The molecule has 2 heterocycles. The zero-order chi connectivity index (χ0) is 13.7. The van der Waals surface area contributed by atoms with Gasteiger partial charge >= 0.3 is 0 Å². The Morgan fingerprint density at radius 3 is 2.80 bits per heavy atom. The van der Waals surface area contributed by atoms with Gasteiger partial charge in [0.2, 0.25) is 0 Å². The van der Waals surface area contributed by atoms with Crippen LogP contribution in [-0.2, 0) is 5.41 Å². The maximum Gasteiger partial charge on any atom is 0.271 e. The second-order valence-corrected chi connectivity index (χ2v) is 5.81. The Morgan fingerprint density at radius 2 is 2.05 bits per heavy atom. The Morgan fingerprint density at radius 1 is 1.25 bits per heavy atom. The van der Waals surface area contributed by atoms with Crippen molar-refractivity contribution < 1.29 is 0 Å². The van der Waals surface area contributed by atoms with Gasteiger partial charge in [-0.2, -0.15) is 0 Å². The molecule has 4 heteroatoms. The lowest BCUT2D eigenvalue weighted by molar-refractivity contribution is 0.740. The van der Waals surface area contributed by atoms with Crippen molar-refractivity contribution in [3.63, 3.8) is 0 Å². The van der Waals surface area contributed by atoms with E-state index >= 15 is 0 Å². The molecule has 4 rings (SSSR count). The number of nitrogens with zero attached hydrogens (tertiary/aromatic N) is 1. The van der Waals surface area contributed by atoms with Gasteiger partial charge in [-0.1, -0.05) is 25.1 Å². The second kappa shape index (κ2) is 3.82. The highest BCUT2D eigenvalue weighted by Gasteiger charge is 2.42. The first kappa shape index (κ1) is 11.5. The number of benzene rings is 1. The van der Waals surface area contributed by atoms with Crippen molar-refractivity contribution in [1.29, 1.82) is 0 Å². The summed E-state index contributed by atoms with van der Waals surface area (Å²) < 4.78 is 0. The number of fused-ring (bicyclic) bond motifs is 1. The molecule has 0 atom stereocenters. The van der Waals surface area contributed by atoms with Crippen LogP contribution in [0.25, 0.3) is 12.2 Å². The highest BCUT2D eigenvalue weighted by atomic mass is 16.1. The molecule has 1 aromatic heterocycles. The molecular formula is C16H15N3O. The Bertz CT molecular complexity index is 857. The summed E-state index contributed by atoms with van der Waals surface area (Å²) in [4.78, 5) is 16.5. The molecule has 100 valence electrons. The SMILES string of the molecule is CC1(c2[nH][nH]c(=O)c2C=C2C=c3ccccc3=N2)CC1. The van der Waals surface area contributed by atoms with E-state index in [0.717, 1.165) is 34.8 Å². The third kappa shape index (κ3) is 1.68. The van der Waals surface area contributed by atoms with E-state index in [0.29, 0.717) is 5.56 Å². The standard InChI is InChI=1S/C16H15N3O/c1-16(6-7-16)14-12(15(20)19-18-14)9-11-8-10-4-2-3-5-13(10)17-11/h2-5,8-9H,6-7H2,1H3,(H2,18,19,20). The molecule has 0 radical (unpaired) electrons. The quantitative estimate of drug-likeness (QED) is 0.842. The van der Waals surface area contributed by atoms with Crippen molar-refractivity contribution in [3.8, 4) is 0 Å². The molecule has 1 fully saturated rings. The largest absolute Gasteiger partial charge is 0.301 e. The molecule has 0 bridgehead atoms. The molecule has 4 nitrogen and oxygen atoms in total. The van der Waals surface area contributed by atoms with Gasteiger partial charge in [-0.05, 0) is 31.1 Å². The lowest BCUT2D eigenvalue weighted by atomic mass is 10.0. The summed E-state index contributed by atoms with van der Waals surface area (Å²) >= 11 is 0. The molecule has 20 heavy (non-hydrogen) atoms. The summed E-state index contributed by atoms with van der Waals surface area (Å²) in [6.45, 7) is 2.18. The molecule has 2 aliphatic rings. The molecule has 0 saturated heterocycles. The van der Waals surface area contributed by atoms with Gasteiger partial charge in [0.15, 0.2) is 0 Å². The predicted molar refractivity (Wildman–Crippen MR) is 77.7 cm³/mol. The summed E-state index contributed by atoms with van der Waals surface area (Å²) in [7, 11) is 0. The average molecular weight is 265 g/mol. The average Bonchev–Trinajstić information content (AvgIpc) is 2.90. The zero-order valence-electron chi connectivity index (χ0n) is 11.2. The van der Waals surface area contributed by atoms with Gasteiger partial charge in [-0.15, -0.1) is 0 Å². The fourth-order valence-corrected chi connectivity index (χ4v) is 2.68. The van der Waals surface area contributed by atoms with E-state index in [-0.39, 0.29) is 11.0 Å². The first-order chi connectivity index (χ1) is 9.66. The molecular weight excluding hydrogens is 250 g/mol. The number of para-hydroxylation sites is 1.